The summed E-state index contributed by atoms with van der Waals surface area (Å²) in [6.45, 7) is 8.75. The Hall–Kier alpha value is -0.560. The van der Waals surface area contributed by atoms with Gasteiger partial charge in [0.05, 0.1) is 18.8 Å². The largest absolute Gasteiger partial charge is 0.397 e. The van der Waals surface area contributed by atoms with Crippen LogP contribution in [0, 0.1) is 46.3 Å². The van der Waals surface area contributed by atoms with Crippen molar-refractivity contribution in [3.05, 3.63) is 11.6 Å². The average Bonchev–Trinajstić information content (AvgIpc) is 3.10. The molecule has 9 nitrogen and oxygen atoms in total. The van der Waals surface area contributed by atoms with Gasteiger partial charge in [0.25, 0.3) is 0 Å². The lowest BCUT2D eigenvalue weighted by Crippen LogP contribution is -2.57. The third-order valence-electron chi connectivity index (χ3n) is 10.7. The van der Waals surface area contributed by atoms with Crippen molar-refractivity contribution in [2.45, 2.75) is 104 Å². The van der Waals surface area contributed by atoms with Crippen molar-refractivity contribution < 1.29 is 39.4 Å². The Bertz CT molecular complexity index is 1100. The maximum atomic E-state index is 11.7. The van der Waals surface area contributed by atoms with E-state index < -0.39 is 33.0 Å². The van der Waals surface area contributed by atoms with Crippen LogP contribution in [0.1, 0.15) is 91.9 Å². The van der Waals surface area contributed by atoms with Crippen molar-refractivity contribution in [3.8, 4) is 0 Å². The van der Waals surface area contributed by atoms with Crippen molar-refractivity contribution in [1.29, 1.82) is 0 Å². The van der Waals surface area contributed by atoms with Crippen LogP contribution in [-0.2, 0) is 29.2 Å². The van der Waals surface area contributed by atoms with Crippen LogP contribution in [0.25, 0.3) is 0 Å². The quantitative estimate of drug-likeness (QED) is 0.241. The molecule has 4 aliphatic carbocycles. The summed E-state index contributed by atoms with van der Waals surface area (Å²) in [5, 5.41) is 11.7. The van der Waals surface area contributed by atoms with Gasteiger partial charge in [-0.3, -0.25) is 9.11 Å². The van der Waals surface area contributed by atoms with E-state index in [1.54, 1.807) is 0 Å². The second-order valence-electron chi connectivity index (χ2n) is 13.3. The van der Waals surface area contributed by atoms with Crippen molar-refractivity contribution in [2.24, 2.45) is 46.3 Å². The third-order valence-corrected chi connectivity index (χ3v) is 11.6. The Morgan fingerprint density at radius 2 is 1.76 bits per heavy atom. The van der Waals surface area contributed by atoms with Crippen LogP contribution in [0.2, 0.25) is 0 Å². The van der Waals surface area contributed by atoms with Gasteiger partial charge >= 0.3 is 20.8 Å². The van der Waals surface area contributed by atoms with E-state index in [-0.39, 0.29) is 41.1 Å². The van der Waals surface area contributed by atoms with Gasteiger partial charge in [-0.25, -0.2) is 8.37 Å². The molecule has 9 unspecified atom stereocenters. The van der Waals surface area contributed by atoms with Gasteiger partial charge in [0.1, 0.15) is 0 Å². The molecule has 0 aromatic rings. The SMILES string of the molecule is CC(C)CCCC(COS(=O)(=O)O)C1CCC2C3CC=C4CC(OS(=O)(=O)O)CCC4(C)C3C(O)CC12C. The molecule has 3 fully saturated rings. The molecule has 0 amide bonds. The first-order chi connectivity index (χ1) is 17.5. The van der Waals surface area contributed by atoms with E-state index in [0.717, 1.165) is 44.1 Å². The molecule has 220 valence electrons. The molecule has 9 atom stereocenters. The average molecular weight is 579 g/mol. The van der Waals surface area contributed by atoms with E-state index in [2.05, 4.69) is 33.8 Å². The van der Waals surface area contributed by atoms with Gasteiger partial charge in [0, 0.05) is 0 Å². The molecule has 0 aromatic heterocycles. The smallest absolute Gasteiger partial charge is 0.393 e. The number of hydrogen-bond donors (Lipinski definition) is 3. The summed E-state index contributed by atoms with van der Waals surface area (Å²) < 4.78 is 73.7. The molecule has 3 saturated carbocycles. The molecule has 0 aromatic carbocycles. The van der Waals surface area contributed by atoms with Crippen LogP contribution in [0.15, 0.2) is 11.6 Å². The first-order valence-electron chi connectivity index (χ1n) is 14.2. The topological polar surface area (TPSA) is 147 Å². The maximum absolute atomic E-state index is 11.7. The fourth-order valence-electron chi connectivity index (χ4n) is 9.19. The third kappa shape index (κ3) is 6.34. The normalized spacial score (nSPS) is 40.3. The molecular formula is C27H46O9S2. The van der Waals surface area contributed by atoms with Crippen LogP contribution in [0.5, 0.6) is 0 Å². The second kappa shape index (κ2) is 11.0. The zero-order valence-corrected chi connectivity index (χ0v) is 24.7. The molecule has 11 heteroatoms. The van der Waals surface area contributed by atoms with Gasteiger partial charge in [0.2, 0.25) is 0 Å². The first-order valence-corrected chi connectivity index (χ1v) is 16.9. The molecule has 4 rings (SSSR count). The summed E-state index contributed by atoms with van der Waals surface area (Å²) in [7, 11) is -9.04. The molecule has 0 bridgehead atoms. The Labute approximate surface area is 228 Å². The summed E-state index contributed by atoms with van der Waals surface area (Å²) in [5.41, 5.74) is 0.688. The van der Waals surface area contributed by atoms with E-state index in [1.165, 1.54) is 0 Å². The molecule has 3 N–H and O–H groups in total. The maximum Gasteiger partial charge on any atom is 0.397 e. The minimum atomic E-state index is -4.53. The van der Waals surface area contributed by atoms with Crippen molar-refractivity contribution in [1.82, 2.24) is 0 Å². The highest BCUT2D eigenvalue weighted by molar-refractivity contribution is 7.81. The Morgan fingerprint density at radius 1 is 1.05 bits per heavy atom. The van der Waals surface area contributed by atoms with E-state index in [1.807, 2.05) is 0 Å². The van der Waals surface area contributed by atoms with Crippen LogP contribution in [-0.4, -0.2) is 49.9 Å². The second-order valence-corrected chi connectivity index (χ2v) is 15.5. The van der Waals surface area contributed by atoms with Gasteiger partial charge < -0.3 is 5.11 Å². The Kier molecular flexibility index (Phi) is 8.82. The van der Waals surface area contributed by atoms with Crippen LogP contribution in [0.3, 0.4) is 0 Å². The van der Waals surface area contributed by atoms with Gasteiger partial charge in [-0.15, -0.1) is 0 Å². The minimum absolute atomic E-state index is 0.0206. The fourth-order valence-corrected chi connectivity index (χ4v) is 10.0. The summed E-state index contributed by atoms with van der Waals surface area (Å²) >= 11 is 0. The molecular weight excluding hydrogens is 532 g/mol. The molecule has 0 aliphatic heterocycles. The molecule has 4 aliphatic rings. The highest BCUT2D eigenvalue weighted by Crippen LogP contribution is 2.67. The lowest BCUT2D eigenvalue weighted by Gasteiger charge is -2.60. The minimum Gasteiger partial charge on any atom is -0.393 e. The van der Waals surface area contributed by atoms with E-state index in [4.69, 9.17) is 12.9 Å². The van der Waals surface area contributed by atoms with E-state index >= 15 is 0 Å². The lowest BCUT2D eigenvalue weighted by atomic mass is 9.46. The van der Waals surface area contributed by atoms with Gasteiger partial charge in [-0.2, -0.15) is 16.8 Å². The summed E-state index contributed by atoms with van der Waals surface area (Å²) in [6, 6.07) is 0. The Morgan fingerprint density at radius 3 is 2.39 bits per heavy atom. The predicted octanol–water partition coefficient (Wildman–Crippen LogP) is 4.99. The number of rotatable bonds is 10. The van der Waals surface area contributed by atoms with Crippen molar-refractivity contribution >= 4 is 20.8 Å². The molecule has 0 radical (unpaired) electrons. The van der Waals surface area contributed by atoms with Crippen molar-refractivity contribution in [3.63, 3.8) is 0 Å². The number of aliphatic hydroxyl groups excluding tert-OH is 1. The molecule has 0 saturated heterocycles. The monoisotopic (exact) mass is 578 g/mol. The highest BCUT2D eigenvalue weighted by Gasteiger charge is 2.62. The van der Waals surface area contributed by atoms with E-state index in [9.17, 15) is 26.5 Å². The molecule has 0 spiro atoms. The lowest BCUT2D eigenvalue weighted by molar-refractivity contribution is -0.131. The van der Waals surface area contributed by atoms with Gasteiger partial charge in [0.15, 0.2) is 0 Å². The zero-order valence-electron chi connectivity index (χ0n) is 23.1. The number of allylic oxidation sites excluding steroid dienone is 1. The fraction of sp³-hybridized carbons (Fsp3) is 0.926. The number of hydrogen-bond acceptors (Lipinski definition) is 7. The molecule has 0 heterocycles. The summed E-state index contributed by atoms with van der Waals surface area (Å²) in [4.78, 5) is 0. The van der Waals surface area contributed by atoms with Gasteiger partial charge in [-0.05, 0) is 97.7 Å². The number of aliphatic hydroxyl groups is 1. The van der Waals surface area contributed by atoms with Crippen molar-refractivity contribution in [2.75, 3.05) is 6.61 Å². The van der Waals surface area contributed by atoms with Gasteiger partial charge in [-0.1, -0.05) is 52.2 Å². The summed E-state index contributed by atoms with van der Waals surface area (Å²) in [6.07, 6.45) is 8.91. The van der Waals surface area contributed by atoms with Crippen LogP contribution in [0.4, 0.5) is 0 Å². The standard InChI is InChI=1S/C27H46O9S2/c1-17(2)6-5-7-18(16-35-37(29,30)31)22-10-11-23-21-9-8-19-14-20(36-38(32,33)34)12-13-26(19,3)25(21)24(28)15-27(22,23)4/h8,17-18,20-25,28H,5-7,9-16H2,1-4H3,(H,29,30,31)(H,32,33,34). The zero-order chi connectivity index (χ0) is 28.1. The van der Waals surface area contributed by atoms with Crippen LogP contribution < -0.4 is 0 Å². The Balaban J connectivity index is 1.56. The first kappa shape index (κ1) is 30.4. The number of fused-ring (bicyclic) bond motifs is 5. The highest BCUT2D eigenvalue weighted by atomic mass is 32.3. The predicted molar refractivity (Wildman–Crippen MR) is 143 cm³/mol. The van der Waals surface area contributed by atoms with Crippen LogP contribution >= 0.6 is 0 Å². The summed E-state index contributed by atoms with van der Waals surface area (Å²) in [5.74, 6) is 1.42. The molecule has 38 heavy (non-hydrogen) atoms. The van der Waals surface area contributed by atoms with E-state index in [0.29, 0.717) is 37.5 Å².